The minimum absolute atomic E-state index is 0.267. The van der Waals surface area contributed by atoms with E-state index in [9.17, 15) is 8.42 Å². The molecule has 0 aromatic heterocycles. The van der Waals surface area contributed by atoms with Crippen molar-refractivity contribution in [1.82, 2.24) is 0 Å². The summed E-state index contributed by atoms with van der Waals surface area (Å²) in [5, 5.41) is 17.0. The van der Waals surface area contributed by atoms with Crippen molar-refractivity contribution in [1.29, 1.82) is 10.5 Å². The highest BCUT2D eigenvalue weighted by Crippen LogP contribution is 2.46. The van der Waals surface area contributed by atoms with E-state index in [1.165, 1.54) is 0 Å². The first-order valence-electron chi connectivity index (χ1n) is 4.91. The number of rotatable bonds is 7. The van der Waals surface area contributed by atoms with E-state index in [-0.39, 0.29) is 12.8 Å². The molecule has 1 unspecified atom stereocenters. The summed E-state index contributed by atoms with van der Waals surface area (Å²) in [6.45, 7) is 1.69. The van der Waals surface area contributed by atoms with Gasteiger partial charge < -0.3 is 0 Å². The van der Waals surface area contributed by atoms with Crippen LogP contribution in [0.1, 0.15) is 26.2 Å². The molecule has 0 aliphatic heterocycles. The average molecular weight is 262 g/mol. The van der Waals surface area contributed by atoms with Crippen molar-refractivity contribution in [2.75, 3.05) is 12.3 Å². The summed E-state index contributed by atoms with van der Waals surface area (Å²) < 4.78 is 31.3. The first kappa shape index (κ1) is 15.3. The topological polar surface area (TPSA) is 102 Å². The Morgan fingerprint density at radius 1 is 1.25 bits per heavy atom. The van der Waals surface area contributed by atoms with Crippen LogP contribution in [0.15, 0.2) is 0 Å². The zero-order valence-electron chi connectivity index (χ0n) is 9.13. The molecule has 90 valence electrons. The first-order chi connectivity index (χ1) is 7.47. The fraction of sp³-hybridized carbons (Fsp3) is 0.778. The highest BCUT2D eigenvalue weighted by atomic mass is 32.2. The third-order valence-corrected chi connectivity index (χ3v) is 7.61. The molecule has 0 amide bonds. The molecular weight excluding hydrogens is 247 g/mol. The molecule has 0 saturated heterocycles. The van der Waals surface area contributed by atoms with Crippen LogP contribution in [-0.2, 0) is 10.1 Å². The van der Waals surface area contributed by atoms with Crippen molar-refractivity contribution < 1.29 is 13.0 Å². The maximum Gasteiger partial charge on any atom is 0.271 e. The summed E-state index contributed by atoms with van der Waals surface area (Å²) in [4.78, 5) is -0.802. The molecule has 0 saturated carbocycles. The maximum atomic E-state index is 11.1. The van der Waals surface area contributed by atoms with Crippen LogP contribution in [0.4, 0.5) is 0 Å². The van der Waals surface area contributed by atoms with Crippen LogP contribution in [0.5, 0.6) is 0 Å². The Hall–Kier alpha value is -0.680. The molecule has 0 bridgehead atoms. The van der Waals surface area contributed by atoms with Crippen LogP contribution in [0.3, 0.4) is 0 Å². The van der Waals surface area contributed by atoms with E-state index >= 15 is 0 Å². The van der Waals surface area contributed by atoms with E-state index in [1.807, 2.05) is 12.1 Å². The molecule has 0 fully saturated rings. The van der Waals surface area contributed by atoms with Gasteiger partial charge in [-0.05, 0) is 18.7 Å². The van der Waals surface area contributed by atoms with Crippen molar-refractivity contribution in [2.24, 2.45) is 0 Å². The van der Waals surface area contributed by atoms with Gasteiger partial charge >= 0.3 is 0 Å². The highest BCUT2D eigenvalue weighted by Gasteiger charge is 2.29. The highest BCUT2D eigenvalue weighted by molar-refractivity contribution is 7.94. The molecule has 0 aromatic rings. The van der Waals surface area contributed by atoms with Gasteiger partial charge in [-0.1, -0.05) is 14.8 Å². The second-order valence-corrected chi connectivity index (χ2v) is 7.87. The quantitative estimate of drug-likeness (QED) is 0.557. The molecular formula is C9H15N2O3PS. The van der Waals surface area contributed by atoms with Crippen molar-refractivity contribution in [3.63, 3.8) is 0 Å². The molecule has 0 spiro atoms. The van der Waals surface area contributed by atoms with Gasteiger partial charge in [0.2, 0.25) is 0 Å². The van der Waals surface area contributed by atoms with Crippen LogP contribution >= 0.6 is 7.92 Å². The van der Waals surface area contributed by atoms with E-state index < -0.39 is 23.0 Å². The van der Waals surface area contributed by atoms with Gasteiger partial charge in [0, 0.05) is 12.8 Å². The fourth-order valence-corrected chi connectivity index (χ4v) is 6.10. The van der Waals surface area contributed by atoms with Gasteiger partial charge in [-0.2, -0.15) is 18.9 Å². The SMILES string of the molecule is CCC(P(CCC#N)CCC#N)S(=O)(=O)O. The summed E-state index contributed by atoms with van der Waals surface area (Å²) in [5.74, 6) is 0. The summed E-state index contributed by atoms with van der Waals surface area (Å²) in [5.41, 5.74) is 0. The van der Waals surface area contributed by atoms with Gasteiger partial charge in [-0.25, -0.2) is 0 Å². The van der Waals surface area contributed by atoms with E-state index in [1.54, 1.807) is 6.92 Å². The minimum Gasteiger partial charge on any atom is -0.285 e. The van der Waals surface area contributed by atoms with Gasteiger partial charge in [-0.3, -0.25) is 4.55 Å². The molecule has 0 aromatic carbocycles. The number of hydrogen-bond donors (Lipinski definition) is 1. The Morgan fingerprint density at radius 2 is 1.69 bits per heavy atom. The van der Waals surface area contributed by atoms with E-state index in [4.69, 9.17) is 15.1 Å². The van der Waals surface area contributed by atoms with Crippen LogP contribution in [0, 0.1) is 22.7 Å². The van der Waals surface area contributed by atoms with Gasteiger partial charge in [0.15, 0.2) is 0 Å². The second kappa shape index (κ2) is 7.57. The Morgan fingerprint density at radius 3 is 1.94 bits per heavy atom. The third-order valence-electron chi connectivity index (χ3n) is 2.12. The first-order valence-corrected chi connectivity index (χ1v) is 8.20. The number of nitrogens with zero attached hydrogens (tertiary/aromatic N) is 2. The minimum atomic E-state index is -4.07. The predicted octanol–water partition coefficient (Wildman–Crippen LogP) is 1.92. The maximum absolute atomic E-state index is 11.1. The molecule has 0 rings (SSSR count). The lowest BCUT2D eigenvalue weighted by atomic mass is 10.5. The van der Waals surface area contributed by atoms with E-state index in [0.29, 0.717) is 18.7 Å². The summed E-state index contributed by atoms with van der Waals surface area (Å²) in [6.07, 6.45) is 1.78. The summed E-state index contributed by atoms with van der Waals surface area (Å²) in [7, 11) is -5.07. The lowest BCUT2D eigenvalue weighted by Crippen LogP contribution is -2.20. The molecule has 7 heteroatoms. The van der Waals surface area contributed by atoms with Crippen LogP contribution in [-0.4, -0.2) is 30.3 Å². The Balaban J connectivity index is 4.71. The van der Waals surface area contributed by atoms with Crippen molar-refractivity contribution >= 4 is 18.0 Å². The molecule has 1 atom stereocenters. The van der Waals surface area contributed by atoms with E-state index in [0.717, 1.165) is 0 Å². The predicted molar refractivity (Wildman–Crippen MR) is 62.7 cm³/mol. The summed E-state index contributed by atoms with van der Waals surface area (Å²) >= 11 is 0. The molecule has 0 radical (unpaired) electrons. The molecule has 0 aliphatic rings. The van der Waals surface area contributed by atoms with Gasteiger partial charge in [0.05, 0.1) is 12.1 Å². The zero-order valence-corrected chi connectivity index (χ0v) is 10.8. The van der Waals surface area contributed by atoms with Crippen LogP contribution in [0.25, 0.3) is 0 Å². The number of hydrogen-bond acceptors (Lipinski definition) is 4. The Kier molecular flexibility index (Phi) is 7.25. The van der Waals surface area contributed by atoms with Crippen molar-refractivity contribution in [2.45, 2.75) is 31.2 Å². The zero-order chi connectivity index (χ0) is 12.6. The lowest BCUT2D eigenvalue weighted by Gasteiger charge is -2.22. The molecule has 5 nitrogen and oxygen atoms in total. The van der Waals surface area contributed by atoms with Gasteiger partial charge in [0.1, 0.15) is 4.99 Å². The second-order valence-electron chi connectivity index (χ2n) is 3.23. The lowest BCUT2D eigenvalue weighted by molar-refractivity contribution is 0.478. The van der Waals surface area contributed by atoms with Gasteiger partial charge in [0.25, 0.3) is 10.1 Å². The summed E-state index contributed by atoms with van der Waals surface area (Å²) in [6, 6.07) is 3.92. The average Bonchev–Trinajstić information content (AvgIpc) is 2.20. The standard InChI is InChI=1S/C9H15N2O3PS/c1-2-9(16(12,13)14)15(7-3-5-10)8-4-6-11/h9H,2-4,7-8H2,1H3,(H,12,13,14). The Labute approximate surface area is 97.6 Å². The largest absolute Gasteiger partial charge is 0.285 e. The molecule has 0 heterocycles. The Bertz CT molecular complexity index is 365. The molecule has 16 heavy (non-hydrogen) atoms. The van der Waals surface area contributed by atoms with Crippen LogP contribution < -0.4 is 0 Å². The molecule has 1 N–H and O–H groups in total. The fourth-order valence-electron chi connectivity index (χ4n) is 1.44. The van der Waals surface area contributed by atoms with Crippen molar-refractivity contribution in [3.05, 3.63) is 0 Å². The normalized spacial score (nSPS) is 13.1. The monoisotopic (exact) mass is 262 g/mol. The van der Waals surface area contributed by atoms with Gasteiger partial charge in [-0.15, -0.1) is 0 Å². The molecule has 0 aliphatic carbocycles. The third kappa shape index (κ3) is 5.42. The van der Waals surface area contributed by atoms with Crippen molar-refractivity contribution in [3.8, 4) is 12.1 Å². The number of nitriles is 2. The smallest absolute Gasteiger partial charge is 0.271 e. The van der Waals surface area contributed by atoms with E-state index in [2.05, 4.69) is 0 Å². The van der Waals surface area contributed by atoms with Crippen LogP contribution in [0.2, 0.25) is 0 Å².